The Hall–Kier alpha value is -0.886. The van der Waals surface area contributed by atoms with E-state index in [1.807, 2.05) is 6.92 Å². The molecule has 3 nitrogen and oxygen atoms in total. The summed E-state index contributed by atoms with van der Waals surface area (Å²) >= 11 is 0. The summed E-state index contributed by atoms with van der Waals surface area (Å²) in [7, 11) is -4.15. The third-order valence-corrected chi connectivity index (χ3v) is 22.5. The molecule has 0 bridgehead atoms. The van der Waals surface area contributed by atoms with Crippen molar-refractivity contribution in [2.45, 2.75) is 181 Å². The van der Waals surface area contributed by atoms with Crippen LogP contribution in [0.4, 0.5) is 26.3 Å². The molecule has 2 aliphatic carbocycles. The molecule has 1 N–H and O–H groups in total. The SMILES string of the molecule is C=C1/C(=C\C=C\[C@@H]2CC[C@](C)([C@@H](C)CCCC(O)(C(F)(F)F)C(F)(F)F)C2(C)C)C[C@@H](O[Si](C)(C)C(C)(C)C)C[C@@H]1O[Si](C)(C)C(C)(C)C. The van der Waals surface area contributed by atoms with Crippen molar-refractivity contribution in [2.75, 3.05) is 0 Å². The minimum absolute atomic E-state index is 0.0141. The van der Waals surface area contributed by atoms with Crippen LogP contribution in [0.5, 0.6) is 0 Å². The highest BCUT2D eigenvalue weighted by Crippen LogP contribution is 2.61. The van der Waals surface area contributed by atoms with Crippen molar-refractivity contribution in [1.29, 1.82) is 0 Å². The average molecular weight is 741 g/mol. The smallest absolute Gasteiger partial charge is 0.413 e. The fourth-order valence-electron chi connectivity index (χ4n) is 7.07. The highest BCUT2D eigenvalue weighted by atomic mass is 28.4. The second kappa shape index (κ2) is 14.5. The van der Waals surface area contributed by atoms with Gasteiger partial charge >= 0.3 is 12.4 Å². The zero-order valence-electron chi connectivity index (χ0n) is 32.7. The van der Waals surface area contributed by atoms with Crippen LogP contribution in [0.3, 0.4) is 0 Å². The van der Waals surface area contributed by atoms with Gasteiger partial charge in [-0.05, 0) is 102 Å². The zero-order chi connectivity index (χ0) is 38.4. The quantitative estimate of drug-likeness (QED) is 0.169. The Bertz CT molecular complexity index is 1210. The largest absolute Gasteiger partial charge is 0.426 e. The summed E-state index contributed by atoms with van der Waals surface area (Å²) in [5, 5.41) is 9.73. The van der Waals surface area contributed by atoms with E-state index in [0.29, 0.717) is 0 Å². The first-order valence-corrected chi connectivity index (χ1v) is 23.7. The normalized spacial score (nSPS) is 28.1. The Balaban J connectivity index is 2.29. The Morgan fingerprint density at radius 3 is 1.86 bits per heavy atom. The number of aliphatic hydroxyl groups is 1. The number of allylic oxidation sites excluding steroid dienone is 3. The van der Waals surface area contributed by atoms with Crippen molar-refractivity contribution in [3.63, 3.8) is 0 Å². The van der Waals surface area contributed by atoms with Gasteiger partial charge in [0.25, 0.3) is 5.60 Å². The van der Waals surface area contributed by atoms with Crippen LogP contribution in [0, 0.1) is 22.7 Å². The Morgan fingerprint density at radius 2 is 1.39 bits per heavy atom. The first-order valence-electron chi connectivity index (χ1n) is 17.9. The van der Waals surface area contributed by atoms with E-state index in [1.54, 1.807) is 0 Å². The van der Waals surface area contributed by atoms with Gasteiger partial charge in [0.05, 0.1) is 12.2 Å². The van der Waals surface area contributed by atoms with E-state index in [4.69, 9.17) is 8.85 Å². The predicted molar refractivity (Wildman–Crippen MR) is 194 cm³/mol. The molecule has 0 radical (unpaired) electrons. The first-order chi connectivity index (χ1) is 21.6. The third-order valence-electron chi connectivity index (χ3n) is 13.5. The molecule has 0 aromatic carbocycles. The summed E-state index contributed by atoms with van der Waals surface area (Å²) in [5.74, 6) is 0.0130. The number of halogens is 6. The van der Waals surface area contributed by atoms with E-state index < -0.39 is 41.0 Å². The molecule has 0 spiro atoms. The van der Waals surface area contributed by atoms with E-state index in [1.165, 1.54) is 0 Å². The van der Waals surface area contributed by atoms with Gasteiger partial charge in [0.15, 0.2) is 16.6 Å². The van der Waals surface area contributed by atoms with Gasteiger partial charge in [0.1, 0.15) is 0 Å². The van der Waals surface area contributed by atoms with E-state index in [2.05, 4.69) is 113 Å². The summed E-state index contributed by atoms with van der Waals surface area (Å²) in [6.45, 7) is 35.3. The molecule has 0 unspecified atom stereocenters. The van der Waals surface area contributed by atoms with Crippen LogP contribution >= 0.6 is 0 Å². The van der Waals surface area contributed by atoms with Crippen molar-refractivity contribution in [3.8, 4) is 0 Å². The minimum atomic E-state index is -5.78. The molecule has 286 valence electrons. The van der Waals surface area contributed by atoms with E-state index in [-0.39, 0.29) is 57.8 Å². The molecule has 0 aliphatic heterocycles. The molecule has 0 saturated heterocycles. The van der Waals surface area contributed by atoms with Crippen LogP contribution in [0.1, 0.15) is 114 Å². The van der Waals surface area contributed by atoms with Crippen LogP contribution in [0.25, 0.3) is 0 Å². The molecule has 2 rings (SSSR count). The van der Waals surface area contributed by atoms with Crippen LogP contribution < -0.4 is 0 Å². The van der Waals surface area contributed by atoms with Crippen LogP contribution in [-0.2, 0) is 8.85 Å². The molecule has 0 aromatic rings. The van der Waals surface area contributed by atoms with E-state index >= 15 is 0 Å². The second-order valence-corrected chi connectivity index (χ2v) is 28.4. The fraction of sp³-hybridized carbons (Fsp3) is 0.842. The van der Waals surface area contributed by atoms with Crippen molar-refractivity contribution < 1.29 is 40.3 Å². The molecular formula is C38H66F6O3Si2. The van der Waals surface area contributed by atoms with Crippen molar-refractivity contribution in [1.82, 2.24) is 0 Å². The number of rotatable bonds is 11. The highest BCUT2D eigenvalue weighted by molar-refractivity contribution is 6.74. The maximum Gasteiger partial charge on any atom is 0.426 e. The van der Waals surface area contributed by atoms with Crippen LogP contribution in [0.15, 0.2) is 36.0 Å². The van der Waals surface area contributed by atoms with Gasteiger partial charge in [0, 0.05) is 6.42 Å². The predicted octanol–water partition coefficient (Wildman–Crippen LogP) is 12.7. The average Bonchev–Trinajstić information content (AvgIpc) is 3.12. The van der Waals surface area contributed by atoms with Gasteiger partial charge in [0.2, 0.25) is 0 Å². The Labute approximate surface area is 295 Å². The molecule has 11 heteroatoms. The lowest BCUT2D eigenvalue weighted by Crippen LogP contribution is -2.56. The molecule has 2 fully saturated rings. The number of alkyl halides is 6. The van der Waals surface area contributed by atoms with E-state index in [9.17, 15) is 31.4 Å². The zero-order valence-corrected chi connectivity index (χ0v) is 34.7. The lowest BCUT2D eigenvalue weighted by atomic mass is 9.59. The van der Waals surface area contributed by atoms with Crippen LogP contribution in [0.2, 0.25) is 36.3 Å². The van der Waals surface area contributed by atoms with Crippen LogP contribution in [-0.4, -0.2) is 51.9 Å². The molecular weight excluding hydrogens is 675 g/mol. The fourth-order valence-corrected chi connectivity index (χ4v) is 9.74. The highest BCUT2D eigenvalue weighted by Gasteiger charge is 2.69. The standard InChI is InChI=1S/C38H66F6O3Si2/c1-26(18-17-22-36(45,37(39,40)41)38(42,43)44)35(11)23-21-29(34(35,9)10)20-16-19-28-24-30(46-48(12,13)32(3,4)5)25-31(27(28)2)47-49(14,15)33(6,7)8/h16,19-20,26,29-31,45H,2,17-18,21-25H2,1,3-15H3/b20-16+,28-19-/t26-,29+,30+,31-,35+/m0/s1. The van der Waals surface area contributed by atoms with Gasteiger partial charge in [-0.15, -0.1) is 0 Å². The lowest BCUT2D eigenvalue weighted by Gasteiger charge is -2.46. The summed E-state index contributed by atoms with van der Waals surface area (Å²) < 4.78 is 93.3. The van der Waals surface area contributed by atoms with Crippen molar-refractivity contribution in [2.24, 2.45) is 22.7 Å². The van der Waals surface area contributed by atoms with Gasteiger partial charge in [-0.2, -0.15) is 26.3 Å². The molecule has 49 heavy (non-hydrogen) atoms. The molecule has 0 amide bonds. The second-order valence-electron chi connectivity index (χ2n) is 18.8. The topological polar surface area (TPSA) is 38.7 Å². The molecule has 2 saturated carbocycles. The third kappa shape index (κ3) is 9.38. The van der Waals surface area contributed by atoms with Gasteiger partial charge in [-0.3, -0.25) is 0 Å². The first kappa shape index (κ1) is 44.3. The van der Waals surface area contributed by atoms with E-state index in [0.717, 1.165) is 36.8 Å². The number of hydrogen-bond acceptors (Lipinski definition) is 3. The van der Waals surface area contributed by atoms with Gasteiger partial charge in [-0.25, -0.2) is 0 Å². The Kier molecular flexibility index (Phi) is 13.1. The monoisotopic (exact) mass is 740 g/mol. The summed E-state index contributed by atoms with van der Waals surface area (Å²) in [4.78, 5) is 0. The lowest BCUT2D eigenvalue weighted by molar-refractivity contribution is -0.370. The molecule has 0 heterocycles. The molecule has 0 aromatic heterocycles. The van der Waals surface area contributed by atoms with Gasteiger partial charge in [-0.1, -0.05) is 100 Å². The Morgan fingerprint density at radius 1 is 0.898 bits per heavy atom. The minimum Gasteiger partial charge on any atom is -0.413 e. The van der Waals surface area contributed by atoms with Gasteiger partial charge < -0.3 is 14.0 Å². The maximum atomic E-state index is 13.2. The van der Waals surface area contributed by atoms with Crippen molar-refractivity contribution in [3.05, 3.63) is 36.0 Å². The maximum absolute atomic E-state index is 13.2. The number of hydrogen-bond donors (Lipinski definition) is 1. The summed E-state index contributed by atoms with van der Waals surface area (Å²) in [5.41, 5.74) is -3.17. The summed E-state index contributed by atoms with van der Waals surface area (Å²) in [6.07, 6.45) is -3.72. The molecule has 2 aliphatic rings. The molecule has 5 atom stereocenters. The summed E-state index contributed by atoms with van der Waals surface area (Å²) in [6, 6.07) is 0. The van der Waals surface area contributed by atoms with Crippen molar-refractivity contribution >= 4 is 16.6 Å².